The van der Waals surface area contributed by atoms with E-state index in [0.29, 0.717) is 5.75 Å². The molecule has 0 atom stereocenters. The first-order valence-electron chi connectivity index (χ1n) is 4.64. The van der Waals surface area contributed by atoms with Crippen molar-refractivity contribution in [2.75, 3.05) is 14.2 Å². The molecule has 0 aliphatic rings. The molecule has 0 N–H and O–H groups in total. The first-order valence-corrected chi connectivity index (χ1v) is 7.12. The van der Waals surface area contributed by atoms with E-state index in [9.17, 15) is 12.8 Å². The van der Waals surface area contributed by atoms with Crippen molar-refractivity contribution < 1.29 is 22.3 Å². The summed E-state index contributed by atoms with van der Waals surface area (Å²) in [4.78, 5) is 0. The monoisotopic (exact) mass is 282 g/mol. The van der Waals surface area contributed by atoms with Crippen molar-refractivity contribution in [1.82, 2.24) is 0 Å². The van der Waals surface area contributed by atoms with Gasteiger partial charge in [0.15, 0.2) is 0 Å². The number of halogens is 2. The van der Waals surface area contributed by atoms with Crippen molar-refractivity contribution in [3.05, 3.63) is 29.1 Å². The topological polar surface area (TPSA) is 52.6 Å². The average Bonchev–Trinajstić information content (AvgIpc) is 2.23. The normalized spacial score (nSPS) is 11.5. The smallest absolute Gasteiger partial charge is 0.236 e. The van der Waals surface area contributed by atoms with Crippen LogP contribution in [0.5, 0.6) is 5.75 Å². The highest BCUT2D eigenvalue weighted by Crippen LogP contribution is 2.26. The summed E-state index contributed by atoms with van der Waals surface area (Å²) in [6.07, 6.45) is 0. The lowest BCUT2D eigenvalue weighted by Crippen LogP contribution is -2.04. The standard InChI is InChI=1S/C10H12ClFO4S/c1-15-5-8-9(16-2)4-3-7(10(8)12)6-17(11,13)14/h3-4H,5-6H2,1-2H3. The second-order valence-corrected chi connectivity index (χ2v) is 6.11. The zero-order valence-electron chi connectivity index (χ0n) is 9.37. The molecular formula is C10H12ClFO4S. The number of rotatable bonds is 5. The van der Waals surface area contributed by atoms with Crippen molar-refractivity contribution >= 4 is 19.7 Å². The van der Waals surface area contributed by atoms with E-state index in [1.807, 2.05) is 0 Å². The summed E-state index contributed by atoms with van der Waals surface area (Å²) in [5.74, 6) is -0.934. The highest BCUT2D eigenvalue weighted by atomic mass is 35.7. The number of benzene rings is 1. The zero-order valence-corrected chi connectivity index (χ0v) is 10.9. The van der Waals surface area contributed by atoms with Gasteiger partial charge in [-0.1, -0.05) is 6.07 Å². The number of hydrogen-bond donors (Lipinski definition) is 0. The van der Waals surface area contributed by atoms with Crippen LogP contribution in [0.1, 0.15) is 11.1 Å². The largest absolute Gasteiger partial charge is 0.496 e. The molecule has 96 valence electrons. The predicted molar refractivity (Wildman–Crippen MR) is 62.1 cm³/mol. The van der Waals surface area contributed by atoms with Crippen LogP contribution in [-0.2, 0) is 26.1 Å². The molecule has 1 aromatic carbocycles. The van der Waals surface area contributed by atoms with Gasteiger partial charge in [-0.25, -0.2) is 12.8 Å². The Balaban J connectivity index is 3.22. The van der Waals surface area contributed by atoms with E-state index in [-0.39, 0.29) is 17.7 Å². The zero-order chi connectivity index (χ0) is 13.1. The predicted octanol–water partition coefficient (Wildman–Crippen LogP) is 2.05. The summed E-state index contributed by atoms with van der Waals surface area (Å²) in [6.45, 7) is -0.00875. The molecule has 0 fully saturated rings. The molecule has 0 aromatic heterocycles. The second kappa shape index (κ2) is 5.66. The first kappa shape index (κ1) is 14.2. The van der Waals surface area contributed by atoms with E-state index in [2.05, 4.69) is 0 Å². The average molecular weight is 283 g/mol. The summed E-state index contributed by atoms with van der Waals surface area (Å²) in [6, 6.07) is 2.81. The van der Waals surface area contributed by atoms with Crippen LogP contribution in [0.3, 0.4) is 0 Å². The molecule has 0 saturated carbocycles. The van der Waals surface area contributed by atoms with E-state index in [4.69, 9.17) is 20.2 Å². The molecule has 4 nitrogen and oxygen atoms in total. The number of methoxy groups -OCH3 is 2. The third-order valence-corrected chi connectivity index (χ3v) is 3.10. The van der Waals surface area contributed by atoms with Gasteiger partial charge in [-0.05, 0) is 6.07 Å². The molecule has 17 heavy (non-hydrogen) atoms. The highest BCUT2D eigenvalue weighted by Gasteiger charge is 2.17. The van der Waals surface area contributed by atoms with Crippen molar-refractivity contribution in [1.29, 1.82) is 0 Å². The molecule has 0 spiro atoms. The molecule has 1 aromatic rings. The van der Waals surface area contributed by atoms with Gasteiger partial charge in [-0.3, -0.25) is 0 Å². The first-order chi connectivity index (χ1) is 7.89. The molecule has 0 radical (unpaired) electrons. The van der Waals surface area contributed by atoms with Gasteiger partial charge in [0, 0.05) is 23.4 Å². The fourth-order valence-corrected chi connectivity index (χ4v) is 2.37. The van der Waals surface area contributed by atoms with Crippen molar-refractivity contribution in [3.63, 3.8) is 0 Å². The molecule has 0 amide bonds. The summed E-state index contributed by atoms with van der Waals surface area (Å²) in [5, 5.41) is 0. The Bertz CT molecular complexity index is 501. The van der Waals surface area contributed by atoms with Crippen LogP contribution in [0.4, 0.5) is 4.39 Å². The maximum absolute atomic E-state index is 14.0. The van der Waals surface area contributed by atoms with E-state index in [0.717, 1.165) is 0 Å². The Morgan fingerprint density at radius 3 is 2.47 bits per heavy atom. The Labute approximate surface area is 104 Å². The fourth-order valence-electron chi connectivity index (χ4n) is 1.42. The van der Waals surface area contributed by atoms with Crippen LogP contribution in [0.25, 0.3) is 0 Å². The fraction of sp³-hybridized carbons (Fsp3) is 0.400. The van der Waals surface area contributed by atoms with E-state index in [1.165, 1.54) is 26.4 Å². The van der Waals surface area contributed by atoms with E-state index in [1.54, 1.807) is 0 Å². The van der Waals surface area contributed by atoms with Gasteiger partial charge in [0.05, 0.1) is 25.0 Å². The molecule has 0 saturated heterocycles. The minimum absolute atomic E-state index is 0.00662. The van der Waals surface area contributed by atoms with E-state index < -0.39 is 20.6 Å². The maximum Gasteiger partial charge on any atom is 0.236 e. The van der Waals surface area contributed by atoms with Crippen LogP contribution in [0, 0.1) is 5.82 Å². The lowest BCUT2D eigenvalue weighted by Gasteiger charge is -2.11. The summed E-state index contributed by atoms with van der Waals surface area (Å²) in [5.41, 5.74) is 0.167. The minimum Gasteiger partial charge on any atom is -0.496 e. The SMILES string of the molecule is COCc1c(OC)ccc(CS(=O)(=O)Cl)c1F. The van der Waals surface area contributed by atoms with Gasteiger partial charge in [0.2, 0.25) is 9.05 Å². The van der Waals surface area contributed by atoms with Crippen LogP contribution in [0.2, 0.25) is 0 Å². The van der Waals surface area contributed by atoms with E-state index >= 15 is 0 Å². The molecule has 0 aliphatic heterocycles. The molecule has 7 heteroatoms. The summed E-state index contributed by atoms with van der Waals surface area (Å²) >= 11 is 0. The summed E-state index contributed by atoms with van der Waals surface area (Å²) < 4.78 is 45.6. The molecule has 0 bridgehead atoms. The van der Waals surface area contributed by atoms with Gasteiger partial charge in [-0.15, -0.1) is 0 Å². The molecular weight excluding hydrogens is 271 g/mol. The van der Waals surface area contributed by atoms with Gasteiger partial charge in [-0.2, -0.15) is 0 Å². The molecule has 0 aliphatic carbocycles. The van der Waals surface area contributed by atoms with Crippen LogP contribution in [-0.4, -0.2) is 22.6 Å². The van der Waals surface area contributed by atoms with Crippen LogP contribution < -0.4 is 4.74 Å². The van der Waals surface area contributed by atoms with Gasteiger partial charge in [0.25, 0.3) is 0 Å². The Hall–Kier alpha value is -0.850. The Kier molecular flexibility index (Phi) is 4.73. The van der Waals surface area contributed by atoms with Gasteiger partial charge in [0.1, 0.15) is 11.6 Å². The van der Waals surface area contributed by atoms with Crippen LogP contribution >= 0.6 is 10.7 Å². The van der Waals surface area contributed by atoms with Crippen molar-refractivity contribution in [3.8, 4) is 5.75 Å². The third-order valence-electron chi connectivity index (χ3n) is 2.12. The maximum atomic E-state index is 14.0. The lowest BCUT2D eigenvalue weighted by molar-refractivity contribution is 0.177. The third kappa shape index (κ3) is 3.83. The second-order valence-electron chi connectivity index (χ2n) is 3.34. The Morgan fingerprint density at radius 2 is 2.00 bits per heavy atom. The number of ether oxygens (including phenoxy) is 2. The summed E-state index contributed by atoms with van der Waals surface area (Å²) in [7, 11) is 4.09. The van der Waals surface area contributed by atoms with Crippen molar-refractivity contribution in [2.24, 2.45) is 0 Å². The Morgan fingerprint density at radius 1 is 1.35 bits per heavy atom. The molecule has 0 unspecified atom stereocenters. The molecule has 1 rings (SSSR count). The van der Waals surface area contributed by atoms with Gasteiger partial charge >= 0.3 is 0 Å². The van der Waals surface area contributed by atoms with Gasteiger partial charge < -0.3 is 9.47 Å². The van der Waals surface area contributed by atoms with Crippen molar-refractivity contribution in [2.45, 2.75) is 12.4 Å². The van der Waals surface area contributed by atoms with Crippen LogP contribution in [0.15, 0.2) is 12.1 Å². The number of hydrogen-bond acceptors (Lipinski definition) is 4. The molecule has 0 heterocycles. The lowest BCUT2D eigenvalue weighted by atomic mass is 10.1. The quantitative estimate of drug-likeness (QED) is 0.776. The minimum atomic E-state index is -3.80. The highest BCUT2D eigenvalue weighted by molar-refractivity contribution is 8.13.